The topological polar surface area (TPSA) is 70.7 Å². The van der Waals surface area contributed by atoms with E-state index in [-0.39, 0.29) is 5.75 Å². The highest BCUT2D eigenvalue weighted by Crippen LogP contribution is 2.32. The summed E-state index contributed by atoms with van der Waals surface area (Å²) in [6.07, 6.45) is 3.37. The summed E-state index contributed by atoms with van der Waals surface area (Å²) in [4.78, 5) is 8.55. The minimum atomic E-state index is 0.131. The van der Waals surface area contributed by atoms with Crippen LogP contribution in [0.1, 0.15) is 0 Å². The standard InChI is InChI=1S/C18H12N4O/c23-16-9-8-14(13-6-3-11-20-18(13)16)21-22-15-7-1-4-12-5-2-10-19-17(12)15/h1-11,23H. The molecule has 0 unspecified atom stereocenters. The number of azo groups is 1. The summed E-state index contributed by atoms with van der Waals surface area (Å²) in [5.41, 5.74) is 2.67. The number of phenolic OH excluding ortho intramolecular Hbond substituents is 1. The van der Waals surface area contributed by atoms with E-state index >= 15 is 0 Å². The van der Waals surface area contributed by atoms with Crippen molar-refractivity contribution in [3.05, 3.63) is 67.0 Å². The number of aromatic nitrogens is 2. The van der Waals surface area contributed by atoms with Gasteiger partial charge in [-0.05, 0) is 36.4 Å². The third kappa shape index (κ3) is 2.38. The van der Waals surface area contributed by atoms with Gasteiger partial charge >= 0.3 is 0 Å². The van der Waals surface area contributed by atoms with Gasteiger partial charge in [-0.1, -0.05) is 18.2 Å². The Kier molecular flexibility index (Phi) is 3.16. The molecule has 0 fully saturated rings. The Morgan fingerprint density at radius 3 is 2.35 bits per heavy atom. The highest BCUT2D eigenvalue weighted by Gasteiger charge is 2.06. The van der Waals surface area contributed by atoms with Crippen LogP contribution in [-0.4, -0.2) is 15.1 Å². The molecule has 0 amide bonds. The Balaban J connectivity index is 1.84. The van der Waals surface area contributed by atoms with Gasteiger partial charge in [-0.3, -0.25) is 9.97 Å². The van der Waals surface area contributed by atoms with Gasteiger partial charge in [0.05, 0.1) is 11.2 Å². The lowest BCUT2D eigenvalue weighted by molar-refractivity contribution is 0.480. The number of para-hydroxylation sites is 1. The third-order valence-corrected chi connectivity index (χ3v) is 3.60. The fourth-order valence-corrected chi connectivity index (χ4v) is 2.51. The predicted molar refractivity (Wildman–Crippen MR) is 89.3 cm³/mol. The first-order valence-electron chi connectivity index (χ1n) is 7.15. The molecule has 0 spiro atoms. The molecule has 0 saturated heterocycles. The quantitative estimate of drug-likeness (QED) is 0.535. The predicted octanol–water partition coefficient (Wildman–Crippen LogP) is 4.90. The van der Waals surface area contributed by atoms with Crippen molar-refractivity contribution in [3.63, 3.8) is 0 Å². The molecule has 2 heterocycles. The average Bonchev–Trinajstić information content (AvgIpc) is 2.61. The Hall–Kier alpha value is -3.34. The van der Waals surface area contributed by atoms with Crippen molar-refractivity contribution in [1.29, 1.82) is 0 Å². The van der Waals surface area contributed by atoms with Gasteiger partial charge in [0.2, 0.25) is 0 Å². The Morgan fingerprint density at radius 2 is 1.43 bits per heavy atom. The number of rotatable bonds is 2. The average molecular weight is 300 g/mol. The molecule has 4 aromatic rings. The molecule has 23 heavy (non-hydrogen) atoms. The maximum Gasteiger partial charge on any atom is 0.141 e. The third-order valence-electron chi connectivity index (χ3n) is 3.60. The summed E-state index contributed by atoms with van der Waals surface area (Å²) in [6, 6.07) is 16.6. The summed E-state index contributed by atoms with van der Waals surface area (Å²) in [6.45, 7) is 0. The van der Waals surface area contributed by atoms with E-state index in [1.807, 2.05) is 36.4 Å². The van der Waals surface area contributed by atoms with E-state index in [1.54, 1.807) is 30.6 Å². The zero-order valence-corrected chi connectivity index (χ0v) is 12.1. The monoisotopic (exact) mass is 300 g/mol. The molecule has 110 valence electrons. The summed E-state index contributed by atoms with van der Waals surface area (Å²) >= 11 is 0. The van der Waals surface area contributed by atoms with Crippen LogP contribution in [0.4, 0.5) is 11.4 Å². The molecule has 0 aliphatic heterocycles. The molecule has 2 aromatic heterocycles. The Morgan fingerprint density at radius 1 is 0.696 bits per heavy atom. The Labute approximate surface area is 132 Å². The van der Waals surface area contributed by atoms with Gasteiger partial charge in [0.25, 0.3) is 0 Å². The molecule has 4 rings (SSSR count). The minimum absolute atomic E-state index is 0.131. The van der Waals surface area contributed by atoms with Gasteiger partial charge in [-0.2, -0.15) is 0 Å². The number of benzene rings is 2. The van der Waals surface area contributed by atoms with E-state index in [1.165, 1.54) is 0 Å². The van der Waals surface area contributed by atoms with E-state index in [9.17, 15) is 5.11 Å². The van der Waals surface area contributed by atoms with Crippen molar-refractivity contribution >= 4 is 33.2 Å². The molecule has 0 bridgehead atoms. The van der Waals surface area contributed by atoms with Crippen LogP contribution < -0.4 is 0 Å². The van der Waals surface area contributed by atoms with Crippen LogP contribution in [0.3, 0.4) is 0 Å². The van der Waals surface area contributed by atoms with Gasteiger partial charge < -0.3 is 5.11 Å². The first-order chi connectivity index (χ1) is 11.3. The van der Waals surface area contributed by atoms with Crippen LogP contribution in [0, 0.1) is 0 Å². The maximum absolute atomic E-state index is 9.88. The zero-order valence-electron chi connectivity index (χ0n) is 12.1. The van der Waals surface area contributed by atoms with Crippen molar-refractivity contribution < 1.29 is 5.11 Å². The molecular weight excluding hydrogens is 288 g/mol. The van der Waals surface area contributed by atoms with Gasteiger partial charge in [-0.25, -0.2) is 0 Å². The molecule has 1 N–H and O–H groups in total. The van der Waals surface area contributed by atoms with Gasteiger partial charge in [0.1, 0.15) is 17.0 Å². The van der Waals surface area contributed by atoms with E-state index in [0.29, 0.717) is 16.9 Å². The number of hydrogen-bond acceptors (Lipinski definition) is 5. The fraction of sp³-hybridized carbons (Fsp3) is 0. The van der Waals surface area contributed by atoms with Crippen LogP contribution in [0.2, 0.25) is 0 Å². The van der Waals surface area contributed by atoms with E-state index in [0.717, 1.165) is 16.3 Å². The summed E-state index contributed by atoms with van der Waals surface area (Å²) in [5, 5.41) is 20.3. The molecule has 0 atom stereocenters. The minimum Gasteiger partial charge on any atom is -0.506 e. The van der Waals surface area contributed by atoms with Crippen molar-refractivity contribution in [2.75, 3.05) is 0 Å². The maximum atomic E-state index is 9.88. The van der Waals surface area contributed by atoms with Crippen LogP contribution in [0.5, 0.6) is 5.75 Å². The molecule has 2 aromatic carbocycles. The number of hydrogen-bond donors (Lipinski definition) is 1. The summed E-state index contributed by atoms with van der Waals surface area (Å²) in [5.74, 6) is 0.131. The van der Waals surface area contributed by atoms with Crippen molar-refractivity contribution in [2.45, 2.75) is 0 Å². The molecular formula is C18H12N4O. The molecule has 0 radical (unpaired) electrons. The number of pyridine rings is 2. The SMILES string of the molecule is Oc1ccc(N=Nc2cccc3cccnc23)c2cccnc12. The normalized spacial score (nSPS) is 11.5. The smallest absolute Gasteiger partial charge is 0.141 e. The van der Waals surface area contributed by atoms with Crippen LogP contribution >= 0.6 is 0 Å². The fourth-order valence-electron chi connectivity index (χ4n) is 2.51. The van der Waals surface area contributed by atoms with E-state index in [2.05, 4.69) is 20.2 Å². The zero-order chi connectivity index (χ0) is 15.6. The number of aromatic hydroxyl groups is 1. The summed E-state index contributed by atoms with van der Waals surface area (Å²) < 4.78 is 0. The first kappa shape index (κ1) is 13.3. The Bertz CT molecular complexity index is 1040. The van der Waals surface area contributed by atoms with Crippen molar-refractivity contribution in [3.8, 4) is 5.75 Å². The van der Waals surface area contributed by atoms with Crippen LogP contribution in [0.25, 0.3) is 21.8 Å². The lowest BCUT2D eigenvalue weighted by Crippen LogP contribution is -1.80. The second kappa shape index (κ2) is 5.46. The van der Waals surface area contributed by atoms with Gasteiger partial charge in [0, 0.05) is 23.2 Å². The second-order valence-corrected chi connectivity index (χ2v) is 5.06. The number of nitrogens with zero attached hydrogens (tertiary/aromatic N) is 4. The molecule has 0 aliphatic rings. The van der Waals surface area contributed by atoms with Gasteiger partial charge in [-0.15, -0.1) is 10.2 Å². The van der Waals surface area contributed by atoms with Crippen molar-refractivity contribution in [2.24, 2.45) is 10.2 Å². The molecule has 5 heteroatoms. The second-order valence-electron chi connectivity index (χ2n) is 5.06. The highest BCUT2D eigenvalue weighted by atomic mass is 16.3. The molecule has 5 nitrogen and oxygen atoms in total. The largest absolute Gasteiger partial charge is 0.506 e. The lowest BCUT2D eigenvalue weighted by atomic mass is 10.1. The number of fused-ring (bicyclic) bond motifs is 2. The highest BCUT2D eigenvalue weighted by molar-refractivity contribution is 5.93. The van der Waals surface area contributed by atoms with Crippen LogP contribution in [0.15, 0.2) is 77.2 Å². The number of phenols is 1. The molecule has 0 saturated carbocycles. The first-order valence-corrected chi connectivity index (χ1v) is 7.15. The van der Waals surface area contributed by atoms with E-state index in [4.69, 9.17) is 0 Å². The van der Waals surface area contributed by atoms with Crippen molar-refractivity contribution in [1.82, 2.24) is 9.97 Å². The van der Waals surface area contributed by atoms with Gasteiger partial charge in [0.15, 0.2) is 0 Å². The van der Waals surface area contributed by atoms with Crippen LogP contribution in [-0.2, 0) is 0 Å². The summed E-state index contributed by atoms with van der Waals surface area (Å²) in [7, 11) is 0. The molecule has 0 aliphatic carbocycles. The lowest BCUT2D eigenvalue weighted by Gasteiger charge is -2.03. The van der Waals surface area contributed by atoms with E-state index < -0.39 is 0 Å².